The zero-order valence-corrected chi connectivity index (χ0v) is 10.4. The van der Waals surface area contributed by atoms with E-state index < -0.39 is 0 Å². The van der Waals surface area contributed by atoms with Gasteiger partial charge in [0, 0.05) is 11.3 Å². The molecule has 1 aliphatic rings. The van der Waals surface area contributed by atoms with Gasteiger partial charge in [-0.1, -0.05) is 18.2 Å². The fraction of sp³-hybridized carbons (Fsp3) is 0.357. The van der Waals surface area contributed by atoms with Crippen molar-refractivity contribution in [2.75, 3.05) is 5.75 Å². The third-order valence-corrected chi connectivity index (χ3v) is 3.95. The molecule has 0 unspecified atom stereocenters. The Balaban J connectivity index is 1.69. The summed E-state index contributed by atoms with van der Waals surface area (Å²) in [5.74, 6) is 1.05. The first kappa shape index (κ1) is 12.4. The van der Waals surface area contributed by atoms with Crippen LogP contribution in [0, 0.1) is 5.82 Å². The number of benzene rings is 1. The van der Waals surface area contributed by atoms with Crippen molar-refractivity contribution < 1.29 is 9.18 Å². The summed E-state index contributed by atoms with van der Waals surface area (Å²) < 4.78 is 12.7. The summed E-state index contributed by atoms with van der Waals surface area (Å²) in [5.41, 5.74) is 1.15. The Morgan fingerprint density at radius 1 is 1.24 bits per heavy atom. The molecule has 0 amide bonds. The number of aryl methyl sites for hydroxylation is 1. The highest BCUT2D eigenvalue weighted by Gasteiger charge is 2.14. The zero-order valence-electron chi connectivity index (χ0n) is 9.62. The van der Waals surface area contributed by atoms with Crippen LogP contribution in [0.25, 0.3) is 0 Å². The fourth-order valence-corrected chi connectivity index (χ4v) is 2.83. The lowest BCUT2D eigenvalue weighted by atomic mass is 10.1. The minimum Gasteiger partial charge on any atom is -0.294 e. The largest absolute Gasteiger partial charge is 0.294 e. The van der Waals surface area contributed by atoms with Crippen LogP contribution >= 0.6 is 11.8 Å². The van der Waals surface area contributed by atoms with E-state index in [9.17, 15) is 9.18 Å². The molecule has 0 fully saturated rings. The molecule has 0 bridgehead atoms. The minimum atomic E-state index is -0.190. The Hall–Kier alpha value is -1.09. The summed E-state index contributed by atoms with van der Waals surface area (Å²) in [6.45, 7) is 0. The van der Waals surface area contributed by atoms with Gasteiger partial charge < -0.3 is 0 Å². The number of ketones is 1. The van der Waals surface area contributed by atoms with Gasteiger partial charge in [0.25, 0.3) is 0 Å². The van der Waals surface area contributed by atoms with Crippen LogP contribution in [-0.4, -0.2) is 11.5 Å². The van der Waals surface area contributed by atoms with E-state index in [1.54, 1.807) is 11.8 Å². The number of Topliss-reactive ketones (excluding diaryl/α,β-unsaturated/α-hetero) is 1. The van der Waals surface area contributed by atoms with Crippen molar-refractivity contribution in [1.82, 2.24) is 0 Å². The van der Waals surface area contributed by atoms with E-state index in [2.05, 4.69) is 0 Å². The molecular formula is C14H15FOS. The van der Waals surface area contributed by atoms with E-state index in [1.165, 1.54) is 12.1 Å². The number of hydrogen-bond donors (Lipinski definition) is 0. The molecule has 0 saturated carbocycles. The van der Waals surface area contributed by atoms with E-state index in [4.69, 9.17) is 0 Å². The van der Waals surface area contributed by atoms with Crippen LogP contribution in [0.5, 0.6) is 0 Å². The lowest BCUT2D eigenvalue weighted by Gasteiger charge is -2.02. The number of rotatable bonds is 5. The normalized spacial score (nSPS) is 15.1. The summed E-state index contributed by atoms with van der Waals surface area (Å²) in [7, 11) is 0. The maximum atomic E-state index is 12.7. The number of carbonyl (C=O) groups is 1. The lowest BCUT2D eigenvalue weighted by Crippen LogP contribution is -1.94. The highest BCUT2D eigenvalue weighted by atomic mass is 32.2. The predicted octanol–water partition coefficient (Wildman–Crippen LogP) is 3.74. The second-order valence-electron chi connectivity index (χ2n) is 4.11. The van der Waals surface area contributed by atoms with Crippen molar-refractivity contribution in [2.45, 2.75) is 25.7 Å². The fourth-order valence-electron chi connectivity index (χ4n) is 1.82. The van der Waals surface area contributed by atoms with E-state index in [0.29, 0.717) is 6.42 Å². The van der Waals surface area contributed by atoms with Crippen molar-refractivity contribution in [1.29, 1.82) is 0 Å². The maximum Gasteiger partial charge on any atom is 0.169 e. The highest BCUT2D eigenvalue weighted by Crippen LogP contribution is 2.26. The molecule has 0 saturated heterocycles. The van der Waals surface area contributed by atoms with E-state index in [-0.39, 0.29) is 11.6 Å². The number of thioether (sulfide) groups is 1. The molecule has 0 aromatic heterocycles. The van der Waals surface area contributed by atoms with Crippen LogP contribution in [0.15, 0.2) is 35.2 Å². The molecule has 0 heterocycles. The quantitative estimate of drug-likeness (QED) is 0.740. The van der Waals surface area contributed by atoms with Crippen molar-refractivity contribution in [3.8, 4) is 0 Å². The van der Waals surface area contributed by atoms with Crippen LogP contribution in [0.2, 0.25) is 0 Å². The van der Waals surface area contributed by atoms with Gasteiger partial charge in [-0.05, 0) is 42.7 Å². The molecular weight excluding hydrogens is 235 g/mol. The van der Waals surface area contributed by atoms with Crippen molar-refractivity contribution in [3.63, 3.8) is 0 Å². The van der Waals surface area contributed by atoms with Crippen LogP contribution in [0.1, 0.15) is 24.8 Å². The van der Waals surface area contributed by atoms with Crippen molar-refractivity contribution in [2.24, 2.45) is 0 Å². The van der Waals surface area contributed by atoms with Gasteiger partial charge in [-0.3, -0.25) is 4.79 Å². The third kappa shape index (κ3) is 3.70. The van der Waals surface area contributed by atoms with Gasteiger partial charge in [0.2, 0.25) is 0 Å². The van der Waals surface area contributed by atoms with E-state index >= 15 is 0 Å². The first-order valence-electron chi connectivity index (χ1n) is 5.86. The van der Waals surface area contributed by atoms with Gasteiger partial charge in [-0.25, -0.2) is 4.39 Å². The number of allylic oxidation sites excluding steroid dienone is 2. The number of carbonyl (C=O) groups excluding carboxylic acids is 1. The van der Waals surface area contributed by atoms with Crippen molar-refractivity contribution >= 4 is 17.5 Å². The number of hydrogen-bond acceptors (Lipinski definition) is 2. The Kier molecular flexibility index (Phi) is 4.37. The molecule has 0 aliphatic heterocycles. The summed E-state index contributed by atoms with van der Waals surface area (Å²) in [6, 6.07) is 6.62. The first-order chi connectivity index (χ1) is 8.25. The van der Waals surface area contributed by atoms with Crippen LogP contribution in [0.4, 0.5) is 4.39 Å². The van der Waals surface area contributed by atoms with E-state index in [0.717, 1.165) is 35.5 Å². The van der Waals surface area contributed by atoms with Gasteiger partial charge in [0.15, 0.2) is 5.78 Å². The monoisotopic (exact) mass is 250 g/mol. The molecule has 0 N–H and O–H groups in total. The Morgan fingerprint density at radius 2 is 2.00 bits per heavy atom. The third-order valence-electron chi connectivity index (χ3n) is 2.76. The Bertz CT molecular complexity index is 422. The SMILES string of the molecule is O=C1CCC=C1SCCCc1ccc(F)cc1. The summed E-state index contributed by atoms with van der Waals surface area (Å²) in [4.78, 5) is 12.3. The molecule has 90 valence electrons. The standard InChI is InChI=1S/C14H15FOS/c15-12-8-6-11(7-9-12)3-2-10-17-14-5-1-4-13(14)16/h5-9H,1-4,10H2. The molecule has 0 radical (unpaired) electrons. The lowest BCUT2D eigenvalue weighted by molar-refractivity contribution is -0.114. The molecule has 0 atom stereocenters. The average Bonchev–Trinajstić information content (AvgIpc) is 2.73. The molecule has 1 aromatic carbocycles. The van der Waals surface area contributed by atoms with Gasteiger partial charge >= 0.3 is 0 Å². The van der Waals surface area contributed by atoms with Gasteiger partial charge in [0.05, 0.1) is 0 Å². The second-order valence-corrected chi connectivity index (χ2v) is 5.25. The van der Waals surface area contributed by atoms with Crippen LogP contribution < -0.4 is 0 Å². The smallest absolute Gasteiger partial charge is 0.169 e. The molecule has 1 aromatic rings. The topological polar surface area (TPSA) is 17.1 Å². The molecule has 1 aliphatic carbocycles. The number of halogens is 1. The van der Waals surface area contributed by atoms with E-state index in [1.807, 2.05) is 18.2 Å². The maximum absolute atomic E-state index is 12.7. The van der Waals surface area contributed by atoms with Gasteiger partial charge in [-0.15, -0.1) is 11.8 Å². The average molecular weight is 250 g/mol. The summed E-state index contributed by atoms with van der Waals surface area (Å²) >= 11 is 1.65. The van der Waals surface area contributed by atoms with Crippen molar-refractivity contribution in [3.05, 3.63) is 46.6 Å². The summed E-state index contributed by atoms with van der Waals surface area (Å²) in [5, 5.41) is 0. The predicted molar refractivity (Wildman–Crippen MR) is 69.5 cm³/mol. The molecule has 3 heteroatoms. The minimum absolute atomic E-state index is 0.190. The van der Waals surface area contributed by atoms with Crippen LogP contribution in [-0.2, 0) is 11.2 Å². The van der Waals surface area contributed by atoms with Gasteiger partial charge in [0.1, 0.15) is 5.82 Å². The molecule has 0 spiro atoms. The molecule has 2 rings (SSSR count). The van der Waals surface area contributed by atoms with Crippen LogP contribution in [0.3, 0.4) is 0 Å². The van der Waals surface area contributed by atoms with Gasteiger partial charge in [-0.2, -0.15) is 0 Å². The zero-order chi connectivity index (χ0) is 12.1. The summed E-state index contributed by atoms with van der Waals surface area (Å²) in [6.07, 6.45) is 5.57. The molecule has 1 nitrogen and oxygen atoms in total. The Labute approximate surface area is 105 Å². The highest BCUT2D eigenvalue weighted by molar-refractivity contribution is 8.04. The molecule has 17 heavy (non-hydrogen) atoms. The Morgan fingerprint density at radius 3 is 2.65 bits per heavy atom. The second kappa shape index (κ2) is 6.01. The first-order valence-corrected chi connectivity index (χ1v) is 6.85.